The van der Waals surface area contributed by atoms with Crippen LogP contribution in [0.15, 0.2) is 38.5 Å². The molecule has 1 aromatic heterocycles. The largest absolute Gasteiger partial charge is 0.361 e. The molecule has 0 saturated heterocycles. The minimum Gasteiger partial charge on any atom is -0.337 e. The molecule has 20 heavy (non-hydrogen) atoms. The molecule has 0 aliphatic heterocycles. The molecule has 1 heterocycles. The van der Waals surface area contributed by atoms with Gasteiger partial charge in [-0.2, -0.15) is 9.98 Å². The van der Waals surface area contributed by atoms with Crippen LogP contribution in [0, 0.1) is 0 Å². The van der Waals surface area contributed by atoms with Crippen LogP contribution in [0.1, 0.15) is 6.92 Å². The van der Waals surface area contributed by atoms with Crippen molar-refractivity contribution < 1.29 is 4.79 Å². The van der Waals surface area contributed by atoms with E-state index in [0.29, 0.717) is 0 Å². The lowest BCUT2D eigenvalue weighted by Gasteiger charge is -2.08. The number of aryl methyl sites for hydroxylation is 1. The van der Waals surface area contributed by atoms with E-state index < -0.39 is 5.69 Å². The normalized spacial score (nSPS) is 11.4. The van der Waals surface area contributed by atoms with E-state index >= 15 is 0 Å². The fourth-order valence-corrected chi connectivity index (χ4v) is 1.83. The molecule has 2 aromatic rings. The molecule has 0 aliphatic rings. The van der Waals surface area contributed by atoms with Crippen LogP contribution in [-0.2, 0) is 11.8 Å². The summed E-state index contributed by atoms with van der Waals surface area (Å²) in [6, 6.07) is 7.31. The number of benzene rings is 1. The molecule has 8 heteroatoms. The van der Waals surface area contributed by atoms with E-state index in [4.69, 9.17) is 0 Å². The SMILES string of the molecule is CC(=O)N=c1c(Nc2ccc(Br)cc2)nc(=O)[nH]n1C. The van der Waals surface area contributed by atoms with Gasteiger partial charge in [0.2, 0.25) is 5.91 Å². The van der Waals surface area contributed by atoms with Crippen LogP contribution < -0.4 is 16.5 Å². The number of halogens is 1. The Labute approximate surface area is 122 Å². The number of nitrogens with zero attached hydrogens (tertiary/aromatic N) is 3. The van der Waals surface area contributed by atoms with Gasteiger partial charge < -0.3 is 5.32 Å². The Morgan fingerprint density at radius 3 is 2.65 bits per heavy atom. The molecule has 1 aromatic carbocycles. The lowest BCUT2D eigenvalue weighted by atomic mass is 10.3. The lowest BCUT2D eigenvalue weighted by molar-refractivity contribution is -0.116. The van der Waals surface area contributed by atoms with Gasteiger partial charge in [0, 0.05) is 24.1 Å². The van der Waals surface area contributed by atoms with Crippen molar-refractivity contribution in [1.29, 1.82) is 0 Å². The first kappa shape index (κ1) is 14.2. The van der Waals surface area contributed by atoms with Gasteiger partial charge in [0.1, 0.15) is 0 Å². The number of aromatic nitrogens is 3. The first-order valence-corrected chi connectivity index (χ1v) is 6.50. The summed E-state index contributed by atoms with van der Waals surface area (Å²) >= 11 is 3.34. The van der Waals surface area contributed by atoms with Crippen molar-refractivity contribution in [2.75, 3.05) is 5.32 Å². The molecule has 0 unspecified atom stereocenters. The van der Waals surface area contributed by atoms with Gasteiger partial charge in [0.25, 0.3) is 0 Å². The standard InChI is InChI=1S/C12H12BrN5O2/c1-7(19)14-11-10(16-12(20)17-18(11)2)15-9-5-3-8(13)4-6-9/h3-6H,1-2H3,(H2,15,16,17,20). The van der Waals surface area contributed by atoms with E-state index in [1.54, 1.807) is 7.05 Å². The van der Waals surface area contributed by atoms with Crippen molar-refractivity contribution in [3.63, 3.8) is 0 Å². The van der Waals surface area contributed by atoms with Crippen LogP contribution in [0.2, 0.25) is 0 Å². The van der Waals surface area contributed by atoms with Crippen LogP contribution in [0.25, 0.3) is 0 Å². The minimum absolute atomic E-state index is 0.216. The number of rotatable bonds is 2. The van der Waals surface area contributed by atoms with Gasteiger partial charge in [0.05, 0.1) is 0 Å². The Balaban J connectivity index is 2.53. The predicted molar refractivity (Wildman–Crippen MR) is 77.5 cm³/mol. The second kappa shape index (κ2) is 5.83. The van der Waals surface area contributed by atoms with E-state index in [1.807, 2.05) is 24.3 Å². The zero-order chi connectivity index (χ0) is 14.7. The summed E-state index contributed by atoms with van der Waals surface area (Å²) in [5.41, 5.74) is 0.445. The lowest BCUT2D eigenvalue weighted by Crippen LogP contribution is -2.33. The van der Waals surface area contributed by atoms with Gasteiger partial charge in [-0.05, 0) is 24.3 Å². The van der Waals surface area contributed by atoms with E-state index in [0.717, 1.165) is 10.2 Å². The monoisotopic (exact) mass is 337 g/mol. The van der Waals surface area contributed by atoms with Crippen molar-refractivity contribution in [2.24, 2.45) is 12.0 Å². The third kappa shape index (κ3) is 3.41. The topological polar surface area (TPSA) is 92.1 Å². The zero-order valence-corrected chi connectivity index (χ0v) is 12.4. The molecule has 1 amide bonds. The van der Waals surface area contributed by atoms with Crippen molar-refractivity contribution in [3.05, 3.63) is 44.7 Å². The maximum Gasteiger partial charge on any atom is 0.361 e. The molecule has 0 radical (unpaired) electrons. The maximum absolute atomic E-state index is 11.4. The number of nitrogens with one attached hydrogen (secondary N) is 2. The summed E-state index contributed by atoms with van der Waals surface area (Å²) in [5, 5.41) is 5.40. The van der Waals surface area contributed by atoms with E-state index in [9.17, 15) is 9.59 Å². The second-order valence-electron chi connectivity index (χ2n) is 4.02. The Morgan fingerprint density at radius 2 is 2.05 bits per heavy atom. The van der Waals surface area contributed by atoms with Gasteiger partial charge in [-0.15, -0.1) is 0 Å². The highest BCUT2D eigenvalue weighted by atomic mass is 79.9. The van der Waals surface area contributed by atoms with E-state index in [1.165, 1.54) is 11.6 Å². The Morgan fingerprint density at radius 1 is 1.40 bits per heavy atom. The molecule has 0 aliphatic carbocycles. The van der Waals surface area contributed by atoms with Crippen LogP contribution in [-0.4, -0.2) is 20.7 Å². The molecule has 0 saturated carbocycles. The van der Waals surface area contributed by atoms with Crippen molar-refractivity contribution in [3.8, 4) is 0 Å². The highest BCUT2D eigenvalue weighted by Crippen LogP contribution is 2.15. The maximum atomic E-state index is 11.4. The molecular formula is C12H12BrN5O2. The summed E-state index contributed by atoms with van der Waals surface area (Å²) in [6.45, 7) is 1.33. The number of carbonyl (C=O) groups excluding carboxylic acids is 1. The number of carbonyl (C=O) groups is 1. The number of hydrogen-bond acceptors (Lipinski definition) is 4. The summed E-state index contributed by atoms with van der Waals surface area (Å²) < 4.78 is 2.28. The Bertz CT molecular complexity index is 761. The van der Waals surface area contributed by atoms with Crippen LogP contribution in [0.3, 0.4) is 0 Å². The Kier molecular flexibility index (Phi) is 4.14. The molecule has 2 N–H and O–H groups in total. The van der Waals surface area contributed by atoms with Crippen LogP contribution >= 0.6 is 15.9 Å². The molecular weight excluding hydrogens is 326 g/mol. The third-order valence-electron chi connectivity index (χ3n) is 2.38. The van der Waals surface area contributed by atoms with Gasteiger partial charge >= 0.3 is 5.69 Å². The quantitative estimate of drug-likeness (QED) is 0.857. The highest BCUT2D eigenvalue weighted by molar-refractivity contribution is 9.10. The number of hydrogen-bond donors (Lipinski definition) is 2. The van der Waals surface area contributed by atoms with Crippen molar-refractivity contribution in [2.45, 2.75) is 6.92 Å². The average Bonchev–Trinajstić information content (AvgIpc) is 2.36. The van der Waals surface area contributed by atoms with Crippen LogP contribution in [0.5, 0.6) is 0 Å². The fraction of sp³-hybridized carbons (Fsp3) is 0.167. The first-order chi connectivity index (χ1) is 9.45. The van der Waals surface area contributed by atoms with Crippen molar-refractivity contribution >= 4 is 33.3 Å². The third-order valence-corrected chi connectivity index (χ3v) is 2.91. The number of H-pyrrole nitrogens is 1. The second-order valence-corrected chi connectivity index (χ2v) is 4.94. The number of aromatic amines is 1. The van der Waals surface area contributed by atoms with Gasteiger partial charge in [-0.1, -0.05) is 15.9 Å². The smallest absolute Gasteiger partial charge is 0.337 e. The molecule has 104 valence electrons. The van der Waals surface area contributed by atoms with Gasteiger partial charge in [0.15, 0.2) is 11.3 Å². The number of anilines is 2. The first-order valence-electron chi connectivity index (χ1n) is 5.71. The summed E-state index contributed by atoms with van der Waals surface area (Å²) in [6.07, 6.45) is 0. The molecule has 0 spiro atoms. The molecule has 7 nitrogen and oxygen atoms in total. The molecule has 2 rings (SSSR count). The van der Waals surface area contributed by atoms with Gasteiger partial charge in [-0.25, -0.2) is 9.89 Å². The molecule has 0 bridgehead atoms. The average molecular weight is 338 g/mol. The molecule has 0 atom stereocenters. The highest BCUT2D eigenvalue weighted by Gasteiger charge is 2.05. The number of amides is 1. The fourth-order valence-electron chi connectivity index (χ4n) is 1.56. The van der Waals surface area contributed by atoms with Gasteiger partial charge in [-0.3, -0.25) is 9.48 Å². The zero-order valence-electron chi connectivity index (χ0n) is 10.8. The van der Waals surface area contributed by atoms with E-state index in [2.05, 4.69) is 36.3 Å². The molecule has 0 fully saturated rings. The summed E-state index contributed by atoms with van der Waals surface area (Å²) in [5.74, 6) is -0.165. The van der Waals surface area contributed by atoms with E-state index in [-0.39, 0.29) is 17.2 Å². The summed E-state index contributed by atoms with van der Waals surface area (Å²) in [7, 11) is 1.58. The predicted octanol–water partition coefficient (Wildman–Crippen LogP) is 1.06. The Hall–Kier alpha value is -2.22. The summed E-state index contributed by atoms with van der Waals surface area (Å²) in [4.78, 5) is 30.2. The van der Waals surface area contributed by atoms with Crippen molar-refractivity contribution in [1.82, 2.24) is 14.8 Å². The van der Waals surface area contributed by atoms with Crippen LogP contribution in [0.4, 0.5) is 11.5 Å². The minimum atomic E-state index is -0.533.